The molecule has 0 amide bonds. The summed E-state index contributed by atoms with van der Waals surface area (Å²) in [5.41, 5.74) is 20.0. The van der Waals surface area contributed by atoms with Crippen LogP contribution in [0.25, 0.3) is 0 Å². The van der Waals surface area contributed by atoms with Crippen LogP contribution in [0.1, 0.15) is 6.92 Å². The standard InChI is InChI=1S/C8H18N8O3/c1-3(17)5(18)6(19)4(14-16-8(11)12)2-13-15-7(9)10/h2-3,5-6,17-19H,1H3,(H4,9,10,15)(H4,11,12,16)/b13-2+,14-4-/t3-,5-,6+/m0/s1. The number of nitrogens with zero attached hydrogens (tertiary/aromatic N) is 4. The molecular formula is C8H18N8O3. The van der Waals surface area contributed by atoms with E-state index in [4.69, 9.17) is 28.0 Å². The monoisotopic (exact) mass is 274 g/mol. The molecule has 0 aromatic rings. The minimum absolute atomic E-state index is 0.244. The van der Waals surface area contributed by atoms with E-state index < -0.39 is 18.3 Å². The lowest BCUT2D eigenvalue weighted by Crippen LogP contribution is -2.41. The minimum Gasteiger partial charge on any atom is -0.391 e. The molecule has 0 heterocycles. The van der Waals surface area contributed by atoms with E-state index in [2.05, 4.69) is 20.4 Å². The van der Waals surface area contributed by atoms with Crippen LogP contribution in [-0.4, -0.2) is 57.5 Å². The Hall–Kier alpha value is -2.24. The number of hydrogen-bond acceptors (Lipinski definition) is 7. The van der Waals surface area contributed by atoms with Crippen LogP contribution in [0.3, 0.4) is 0 Å². The molecule has 11 N–H and O–H groups in total. The van der Waals surface area contributed by atoms with Gasteiger partial charge < -0.3 is 38.3 Å². The summed E-state index contributed by atoms with van der Waals surface area (Å²) in [6.45, 7) is 1.28. The van der Waals surface area contributed by atoms with E-state index in [0.29, 0.717) is 0 Å². The lowest BCUT2D eigenvalue weighted by atomic mass is 10.1. The van der Waals surface area contributed by atoms with Gasteiger partial charge in [0.15, 0.2) is 0 Å². The molecule has 0 saturated carbocycles. The van der Waals surface area contributed by atoms with E-state index in [9.17, 15) is 10.2 Å². The largest absolute Gasteiger partial charge is 0.391 e. The molecule has 0 fully saturated rings. The zero-order valence-electron chi connectivity index (χ0n) is 10.2. The molecule has 0 saturated heterocycles. The van der Waals surface area contributed by atoms with Crippen molar-refractivity contribution in [2.45, 2.75) is 25.2 Å². The first kappa shape index (κ1) is 16.8. The van der Waals surface area contributed by atoms with E-state index in [-0.39, 0.29) is 17.6 Å². The van der Waals surface area contributed by atoms with Gasteiger partial charge in [0.2, 0.25) is 11.9 Å². The van der Waals surface area contributed by atoms with Gasteiger partial charge in [-0.05, 0) is 6.92 Å². The van der Waals surface area contributed by atoms with Crippen LogP contribution < -0.4 is 22.9 Å². The van der Waals surface area contributed by atoms with Crippen molar-refractivity contribution >= 4 is 23.8 Å². The van der Waals surface area contributed by atoms with Crippen molar-refractivity contribution in [3.05, 3.63) is 0 Å². The maximum absolute atomic E-state index is 9.73. The first-order valence-corrected chi connectivity index (χ1v) is 5.08. The van der Waals surface area contributed by atoms with Crippen molar-refractivity contribution in [1.82, 2.24) is 0 Å². The first-order valence-electron chi connectivity index (χ1n) is 5.08. The van der Waals surface area contributed by atoms with E-state index in [0.717, 1.165) is 6.21 Å². The molecule has 3 atom stereocenters. The Bertz CT molecular complexity index is 395. The quantitative estimate of drug-likeness (QED) is 0.144. The van der Waals surface area contributed by atoms with Crippen molar-refractivity contribution in [2.75, 3.05) is 0 Å². The van der Waals surface area contributed by atoms with E-state index >= 15 is 0 Å². The number of nitrogens with two attached hydrogens (primary N) is 4. The van der Waals surface area contributed by atoms with Crippen LogP contribution in [0.4, 0.5) is 0 Å². The van der Waals surface area contributed by atoms with Crippen LogP contribution in [0, 0.1) is 0 Å². The maximum Gasteiger partial charge on any atom is 0.211 e. The molecule has 0 aromatic carbocycles. The SMILES string of the molecule is C[C@H](O)[C@H](O)[C@H](O)C(/C=N/N=C(N)N)=N\N=C(N)N. The maximum atomic E-state index is 9.73. The van der Waals surface area contributed by atoms with Gasteiger partial charge in [0, 0.05) is 0 Å². The molecule has 0 spiro atoms. The second kappa shape index (κ2) is 7.97. The summed E-state index contributed by atoms with van der Waals surface area (Å²) >= 11 is 0. The topological polar surface area (TPSA) is 214 Å². The molecule has 0 rings (SSSR count). The predicted octanol–water partition coefficient (Wildman–Crippen LogP) is -4.02. The average Bonchev–Trinajstić information content (AvgIpc) is 2.30. The highest BCUT2D eigenvalue weighted by atomic mass is 16.4. The van der Waals surface area contributed by atoms with Gasteiger partial charge in [-0.15, -0.1) is 15.3 Å². The summed E-state index contributed by atoms with van der Waals surface area (Å²) in [6.07, 6.45) is -3.38. The van der Waals surface area contributed by atoms with Gasteiger partial charge in [-0.25, -0.2) is 0 Å². The van der Waals surface area contributed by atoms with Crippen LogP contribution in [0.2, 0.25) is 0 Å². The van der Waals surface area contributed by atoms with Crippen molar-refractivity contribution in [1.29, 1.82) is 0 Å². The Labute approximate surface area is 109 Å². The molecule has 11 heteroatoms. The fraction of sp³-hybridized carbons (Fsp3) is 0.500. The third kappa shape index (κ3) is 6.92. The van der Waals surface area contributed by atoms with Crippen molar-refractivity contribution in [3.63, 3.8) is 0 Å². The Morgan fingerprint density at radius 1 is 0.947 bits per heavy atom. The summed E-state index contributed by atoms with van der Waals surface area (Å²) in [5.74, 6) is -0.686. The summed E-state index contributed by atoms with van der Waals surface area (Å²) in [5, 5.41) is 41.8. The molecule has 0 bridgehead atoms. The molecule has 0 aliphatic rings. The van der Waals surface area contributed by atoms with Crippen LogP contribution in [0.5, 0.6) is 0 Å². The number of aliphatic hydroxyl groups excluding tert-OH is 3. The second-order valence-corrected chi connectivity index (χ2v) is 3.50. The van der Waals surface area contributed by atoms with Gasteiger partial charge in [-0.2, -0.15) is 5.10 Å². The van der Waals surface area contributed by atoms with Gasteiger partial charge >= 0.3 is 0 Å². The lowest BCUT2D eigenvalue weighted by molar-refractivity contribution is -0.0249. The fourth-order valence-electron chi connectivity index (χ4n) is 0.870. The van der Waals surface area contributed by atoms with Gasteiger partial charge in [0.25, 0.3) is 0 Å². The van der Waals surface area contributed by atoms with Gasteiger partial charge in [0.1, 0.15) is 17.9 Å². The average molecular weight is 274 g/mol. The summed E-state index contributed by atoms with van der Waals surface area (Å²) in [6, 6.07) is 0. The molecule has 108 valence electrons. The third-order valence-corrected chi connectivity index (χ3v) is 1.76. The normalized spacial score (nSPS) is 16.7. The molecule has 11 nitrogen and oxygen atoms in total. The Balaban J connectivity index is 5.18. The molecule has 0 aliphatic heterocycles. The molecule has 0 radical (unpaired) electrons. The second-order valence-electron chi connectivity index (χ2n) is 3.50. The Morgan fingerprint density at radius 2 is 1.47 bits per heavy atom. The molecule has 0 unspecified atom stereocenters. The lowest BCUT2D eigenvalue weighted by Gasteiger charge is -2.19. The highest BCUT2D eigenvalue weighted by Gasteiger charge is 2.25. The zero-order valence-corrected chi connectivity index (χ0v) is 10.2. The highest BCUT2D eigenvalue weighted by molar-refractivity contribution is 6.32. The van der Waals surface area contributed by atoms with Gasteiger partial charge in [-0.3, -0.25) is 0 Å². The van der Waals surface area contributed by atoms with Gasteiger partial charge in [0.05, 0.1) is 12.3 Å². The Kier molecular flexibility index (Phi) is 7.03. The summed E-state index contributed by atoms with van der Waals surface area (Å²) < 4.78 is 0. The zero-order chi connectivity index (χ0) is 15.0. The van der Waals surface area contributed by atoms with Crippen molar-refractivity contribution in [2.24, 2.45) is 43.3 Å². The molecular weight excluding hydrogens is 256 g/mol. The number of guanidine groups is 2. The van der Waals surface area contributed by atoms with E-state index in [1.54, 1.807) is 0 Å². The van der Waals surface area contributed by atoms with E-state index in [1.807, 2.05) is 0 Å². The molecule has 0 aliphatic carbocycles. The third-order valence-electron chi connectivity index (χ3n) is 1.76. The van der Waals surface area contributed by atoms with Crippen LogP contribution in [0.15, 0.2) is 20.4 Å². The van der Waals surface area contributed by atoms with E-state index in [1.165, 1.54) is 6.92 Å². The highest BCUT2D eigenvalue weighted by Crippen LogP contribution is 2.02. The van der Waals surface area contributed by atoms with Crippen molar-refractivity contribution in [3.8, 4) is 0 Å². The summed E-state index contributed by atoms with van der Waals surface area (Å²) in [7, 11) is 0. The van der Waals surface area contributed by atoms with Gasteiger partial charge in [-0.1, -0.05) is 0 Å². The fourth-order valence-corrected chi connectivity index (χ4v) is 0.870. The summed E-state index contributed by atoms with van der Waals surface area (Å²) in [4.78, 5) is 0. The smallest absolute Gasteiger partial charge is 0.211 e. The van der Waals surface area contributed by atoms with Crippen LogP contribution >= 0.6 is 0 Å². The number of rotatable bonds is 6. The first-order chi connectivity index (χ1) is 8.75. The number of aliphatic hydroxyl groups is 3. The molecule has 0 aromatic heterocycles. The van der Waals surface area contributed by atoms with Crippen molar-refractivity contribution < 1.29 is 15.3 Å². The van der Waals surface area contributed by atoms with Crippen LogP contribution in [-0.2, 0) is 0 Å². The molecule has 19 heavy (non-hydrogen) atoms. The Morgan fingerprint density at radius 3 is 1.89 bits per heavy atom. The number of hydrogen-bond donors (Lipinski definition) is 7. The predicted molar refractivity (Wildman–Crippen MR) is 71.2 cm³/mol. The minimum atomic E-state index is -1.58.